The van der Waals surface area contributed by atoms with E-state index < -0.39 is 0 Å². The van der Waals surface area contributed by atoms with Crippen LogP contribution in [0.2, 0.25) is 0 Å². The molecule has 0 aromatic heterocycles. The van der Waals surface area contributed by atoms with Crippen LogP contribution in [0.3, 0.4) is 0 Å². The largest absolute Gasteiger partial charge is 0.240 e. The Labute approximate surface area is 78.8 Å². The molecule has 72 valence electrons. The van der Waals surface area contributed by atoms with Crippen LogP contribution in [0.25, 0.3) is 0 Å². The normalized spacial score (nSPS) is 22.2. The van der Waals surface area contributed by atoms with Crippen molar-refractivity contribution in [3.8, 4) is 0 Å². The van der Waals surface area contributed by atoms with Gasteiger partial charge in [-0.3, -0.25) is 0 Å². The van der Waals surface area contributed by atoms with E-state index in [0.29, 0.717) is 0 Å². The van der Waals surface area contributed by atoms with Crippen molar-refractivity contribution in [3.63, 3.8) is 0 Å². The molecule has 12 heavy (non-hydrogen) atoms. The van der Waals surface area contributed by atoms with Gasteiger partial charge in [-0.05, 0) is 36.4 Å². The van der Waals surface area contributed by atoms with Gasteiger partial charge in [0, 0.05) is 0 Å². The fourth-order valence-corrected chi connectivity index (χ4v) is 4.63. The highest BCUT2D eigenvalue weighted by Gasteiger charge is 2.24. The first-order valence-corrected chi connectivity index (χ1v) is 7.66. The van der Waals surface area contributed by atoms with Crippen molar-refractivity contribution in [2.24, 2.45) is 0 Å². The molecule has 1 aliphatic rings. The van der Waals surface area contributed by atoms with Gasteiger partial charge in [0.1, 0.15) is 0 Å². The molecule has 1 fully saturated rings. The lowest BCUT2D eigenvalue weighted by molar-refractivity contribution is 0.512. The van der Waals surface area contributed by atoms with Gasteiger partial charge in [-0.25, -0.2) is 10.0 Å². The van der Waals surface area contributed by atoms with E-state index in [9.17, 15) is 0 Å². The molecule has 1 saturated carbocycles. The van der Waals surface area contributed by atoms with E-state index in [-0.39, 0.29) is 10.0 Å². The van der Waals surface area contributed by atoms with Gasteiger partial charge in [-0.1, -0.05) is 25.3 Å². The first-order valence-electron chi connectivity index (χ1n) is 4.97. The highest BCUT2D eigenvalue weighted by Crippen LogP contribution is 2.50. The standard InChI is InChI=1S/C11H22S/c1-4-10-12(2,3)11-8-6-5-7-9-11/h4,11H,1,5-10H2,2-3H3. The van der Waals surface area contributed by atoms with Gasteiger partial charge < -0.3 is 0 Å². The molecule has 0 aromatic carbocycles. The number of rotatable bonds is 3. The average Bonchev–Trinajstić information content (AvgIpc) is 2.06. The van der Waals surface area contributed by atoms with E-state index in [0.717, 1.165) is 5.25 Å². The third-order valence-corrected chi connectivity index (χ3v) is 6.37. The molecule has 0 unspecified atom stereocenters. The lowest BCUT2D eigenvalue weighted by atomic mass is 10.0. The minimum absolute atomic E-state index is 0.351. The summed E-state index contributed by atoms with van der Waals surface area (Å²) in [4.78, 5) is 0. The van der Waals surface area contributed by atoms with E-state index in [1.165, 1.54) is 37.9 Å². The summed E-state index contributed by atoms with van der Waals surface area (Å²) in [5, 5.41) is 1.03. The van der Waals surface area contributed by atoms with Crippen LogP contribution in [-0.4, -0.2) is 23.5 Å². The molecule has 0 saturated heterocycles. The van der Waals surface area contributed by atoms with Gasteiger partial charge in [0.05, 0.1) is 0 Å². The van der Waals surface area contributed by atoms with Crippen LogP contribution in [0.5, 0.6) is 0 Å². The molecule has 0 N–H and O–H groups in total. The SMILES string of the molecule is C=CCS(C)(C)C1CCCCC1. The monoisotopic (exact) mass is 186 g/mol. The predicted molar refractivity (Wildman–Crippen MR) is 61.4 cm³/mol. The third-order valence-electron chi connectivity index (χ3n) is 3.00. The molecule has 0 radical (unpaired) electrons. The Morgan fingerprint density at radius 1 is 1.25 bits per heavy atom. The zero-order valence-electron chi connectivity index (χ0n) is 8.51. The number of hydrogen-bond acceptors (Lipinski definition) is 0. The predicted octanol–water partition coefficient (Wildman–Crippen LogP) is 3.57. The molecule has 0 amide bonds. The van der Waals surface area contributed by atoms with Gasteiger partial charge >= 0.3 is 0 Å². The van der Waals surface area contributed by atoms with Crippen molar-refractivity contribution in [2.45, 2.75) is 37.4 Å². The Morgan fingerprint density at radius 2 is 1.83 bits per heavy atom. The van der Waals surface area contributed by atoms with Crippen molar-refractivity contribution < 1.29 is 0 Å². The van der Waals surface area contributed by atoms with Crippen LogP contribution in [0.15, 0.2) is 12.7 Å². The van der Waals surface area contributed by atoms with Gasteiger partial charge in [0.15, 0.2) is 0 Å². The summed E-state index contributed by atoms with van der Waals surface area (Å²) < 4.78 is 0. The zero-order valence-corrected chi connectivity index (χ0v) is 9.33. The summed E-state index contributed by atoms with van der Waals surface area (Å²) in [7, 11) is -0.351. The van der Waals surface area contributed by atoms with Crippen LogP contribution in [0.1, 0.15) is 32.1 Å². The quantitative estimate of drug-likeness (QED) is 0.591. The van der Waals surface area contributed by atoms with E-state index >= 15 is 0 Å². The summed E-state index contributed by atoms with van der Waals surface area (Å²) in [6.07, 6.45) is 14.4. The van der Waals surface area contributed by atoms with Crippen LogP contribution < -0.4 is 0 Å². The molecule has 0 nitrogen and oxygen atoms in total. The minimum atomic E-state index is -0.351. The second-order valence-corrected chi connectivity index (χ2v) is 8.59. The molecule has 1 heteroatoms. The van der Waals surface area contributed by atoms with Gasteiger partial charge in [-0.2, -0.15) is 0 Å². The first kappa shape index (κ1) is 10.2. The van der Waals surface area contributed by atoms with Crippen LogP contribution in [0.4, 0.5) is 0 Å². The Hall–Kier alpha value is 0.0900. The fraction of sp³-hybridized carbons (Fsp3) is 0.818. The van der Waals surface area contributed by atoms with E-state index in [4.69, 9.17) is 0 Å². The van der Waals surface area contributed by atoms with Gasteiger partial charge in [-0.15, -0.1) is 6.58 Å². The molecule has 0 heterocycles. The van der Waals surface area contributed by atoms with Crippen LogP contribution in [0, 0.1) is 0 Å². The van der Waals surface area contributed by atoms with Crippen molar-refractivity contribution >= 4 is 10.0 Å². The Balaban J connectivity index is 2.47. The fourth-order valence-electron chi connectivity index (χ4n) is 2.14. The zero-order chi connectivity index (χ0) is 9.03. The van der Waals surface area contributed by atoms with Crippen molar-refractivity contribution in [1.82, 2.24) is 0 Å². The van der Waals surface area contributed by atoms with E-state index in [1.807, 2.05) is 0 Å². The second kappa shape index (κ2) is 4.36. The third kappa shape index (κ3) is 2.55. The van der Waals surface area contributed by atoms with Crippen molar-refractivity contribution in [3.05, 3.63) is 12.7 Å². The molecular weight excluding hydrogens is 164 g/mol. The molecule has 0 aromatic rings. The smallest absolute Gasteiger partial charge is 0.00515 e. The maximum Gasteiger partial charge on any atom is -0.00515 e. The number of hydrogen-bond donors (Lipinski definition) is 0. The second-order valence-electron chi connectivity index (χ2n) is 4.34. The van der Waals surface area contributed by atoms with Gasteiger partial charge in [0.25, 0.3) is 0 Å². The van der Waals surface area contributed by atoms with E-state index in [2.05, 4.69) is 25.2 Å². The summed E-state index contributed by atoms with van der Waals surface area (Å²) in [6.45, 7) is 3.86. The highest BCUT2D eigenvalue weighted by atomic mass is 32.3. The minimum Gasteiger partial charge on any atom is -0.240 e. The van der Waals surface area contributed by atoms with Gasteiger partial charge in [0.2, 0.25) is 0 Å². The van der Waals surface area contributed by atoms with Crippen molar-refractivity contribution in [2.75, 3.05) is 18.3 Å². The summed E-state index contributed by atoms with van der Waals surface area (Å²) >= 11 is 0. The first-order chi connectivity index (χ1) is 5.67. The Morgan fingerprint density at radius 3 is 2.33 bits per heavy atom. The van der Waals surface area contributed by atoms with Crippen LogP contribution in [-0.2, 0) is 0 Å². The molecule has 1 rings (SSSR count). The summed E-state index contributed by atoms with van der Waals surface area (Å²) in [6, 6.07) is 0. The van der Waals surface area contributed by atoms with Crippen molar-refractivity contribution in [1.29, 1.82) is 0 Å². The molecular formula is C11H22S. The lowest BCUT2D eigenvalue weighted by Crippen LogP contribution is -2.21. The van der Waals surface area contributed by atoms with Crippen LogP contribution >= 0.6 is 10.0 Å². The molecule has 0 bridgehead atoms. The topological polar surface area (TPSA) is 0 Å². The molecule has 0 atom stereocenters. The lowest BCUT2D eigenvalue weighted by Gasteiger charge is -2.41. The highest BCUT2D eigenvalue weighted by molar-refractivity contribution is 8.33. The maximum absolute atomic E-state index is 3.86. The molecule has 0 aliphatic heterocycles. The van der Waals surface area contributed by atoms with E-state index in [1.54, 1.807) is 0 Å². The molecule has 1 aliphatic carbocycles. The maximum atomic E-state index is 3.86. The average molecular weight is 186 g/mol. The Bertz CT molecular complexity index is 143. The molecule has 0 spiro atoms. The summed E-state index contributed by atoms with van der Waals surface area (Å²) in [5.74, 6) is 1.26. The summed E-state index contributed by atoms with van der Waals surface area (Å²) in [5.41, 5.74) is 0. The Kier molecular flexibility index (Phi) is 3.70.